The van der Waals surface area contributed by atoms with Crippen LogP contribution in [0.25, 0.3) is 4.85 Å². The SMILES string of the molecule is [C-]#[N+]c1cc(Cl)cc(C(C)(C)c2ccc(OC(C)c3ccnc(C(C)(C)C)n3)cc2)c1. The summed E-state index contributed by atoms with van der Waals surface area (Å²) in [5, 5.41) is 0.574. The van der Waals surface area contributed by atoms with Crippen molar-refractivity contribution in [3.63, 3.8) is 0 Å². The molecule has 0 aliphatic carbocycles. The lowest BCUT2D eigenvalue weighted by atomic mass is 9.78. The van der Waals surface area contributed by atoms with E-state index in [9.17, 15) is 0 Å². The summed E-state index contributed by atoms with van der Waals surface area (Å²) in [7, 11) is 0. The van der Waals surface area contributed by atoms with Crippen molar-refractivity contribution in [1.29, 1.82) is 0 Å². The van der Waals surface area contributed by atoms with E-state index in [1.807, 2.05) is 37.3 Å². The van der Waals surface area contributed by atoms with Gasteiger partial charge in [0.25, 0.3) is 0 Å². The van der Waals surface area contributed by atoms with E-state index in [0.29, 0.717) is 10.7 Å². The quantitative estimate of drug-likeness (QED) is 0.392. The van der Waals surface area contributed by atoms with E-state index < -0.39 is 0 Å². The highest BCUT2D eigenvalue weighted by Crippen LogP contribution is 2.36. The lowest BCUT2D eigenvalue weighted by Crippen LogP contribution is -2.19. The minimum atomic E-state index is -0.303. The van der Waals surface area contributed by atoms with Crippen molar-refractivity contribution in [2.24, 2.45) is 0 Å². The monoisotopic (exact) mass is 433 g/mol. The molecule has 1 heterocycles. The van der Waals surface area contributed by atoms with Crippen LogP contribution >= 0.6 is 11.6 Å². The second kappa shape index (κ2) is 8.69. The van der Waals surface area contributed by atoms with E-state index in [1.165, 1.54) is 0 Å². The molecule has 0 saturated heterocycles. The van der Waals surface area contributed by atoms with Crippen LogP contribution in [0.5, 0.6) is 5.75 Å². The zero-order valence-electron chi connectivity index (χ0n) is 18.9. The van der Waals surface area contributed by atoms with E-state index in [4.69, 9.17) is 22.9 Å². The number of benzene rings is 2. The standard InChI is InChI=1S/C26H28ClN3O/c1-17(23-12-13-29-24(30-23)25(2,3)4)31-22-10-8-18(9-11-22)26(5,6)19-14-20(27)16-21(15-19)28-7/h8-17H,1-6H3. The van der Waals surface area contributed by atoms with Crippen LogP contribution in [0, 0.1) is 6.57 Å². The van der Waals surface area contributed by atoms with Crippen molar-refractivity contribution >= 4 is 17.3 Å². The minimum Gasteiger partial charge on any atom is -0.484 e. The van der Waals surface area contributed by atoms with Gasteiger partial charge in [-0.05, 0) is 48.4 Å². The summed E-state index contributed by atoms with van der Waals surface area (Å²) >= 11 is 6.23. The maximum absolute atomic E-state index is 7.30. The first-order chi connectivity index (χ1) is 14.5. The lowest BCUT2D eigenvalue weighted by Gasteiger charge is -2.27. The van der Waals surface area contributed by atoms with Crippen LogP contribution in [-0.4, -0.2) is 9.97 Å². The zero-order chi connectivity index (χ0) is 22.8. The molecule has 31 heavy (non-hydrogen) atoms. The summed E-state index contributed by atoms with van der Waals surface area (Å²) in [6.07, 6.45) is 1.59. The molecule has 0 saturated carbocycles. The molecule has 0 N–H and O–H groups in total. The Balaban J connectivity index is 1.80. The predicted octanol–water partition coefficient (Wildman–Crippen LogP) is 7.44. The third-order valence-corrected chi connectivity index (χ3v) is 5.60. The van der Waals surface area contributed by atoms with Crippen LogP contribution < -0.4 is 4.74 Å². The molecular weight excluding hydrogens is 406 g/mol. The van der Waals surface area contributed by atoms with Crippen LogP contribution in [-0.2, 0) is 10.8 Å². The van der Waals surface area contributed by atoms with E-state index in [0.717, 1.165) is 28.4 Å². The van der Waals surface area contributed by atoms with Crippen molar-refractivity contribution < 1.29 is 4.74 Å². The van der Waals surface area contributed by atoms with Crippen LogP contribution in [0.4, 0.5) is 5.69 Å². The van der Waals surface area contributed by atoms with Gasteiger partial charge in [0.15, 0.2) is 5.69 Å². The normalized spacial score (nSPS) is 12.8. The number of rotatable bonds is 5. The van der Waals surface area contributed by atoms with Gasteiger partial charge in [-0.3, -0.25) is 0 Å². The molecule has 0 fully saturated rings. The predicted molar refractivity (Wildman–Crippen MR) is 126 cm³/mol. The first-order valence-electron chi connectivity index (χ1n) is 10.3. The van der Waals surface area contributed by atoms with Crippen LogP contribution in [0.3, 0.4) is 0 Å². The van der Waals surface area contributed by atoms with Gasteiger partial charge in [-0.1, -0.05) is 64.4 Å². The molecule has 4 nitrogen and oxygen atoms in total. The van der Waals surface area contributed by atoms with Gasteiger partial charge in [-0.15, -0.1) is 0 Å². The molecule has 0 aliphatic heterocycles. The number of ether oxygens (including phenoxy) is 1. The molecule has 3 rings (SSSR count). The van der Waals surface area contributed by atoms with Gasteiger partial charge in [0.1, 0.15) is 17.7 Å². The van der Waals surface area contributed by atoms with E-state index in [-0.39, 0.29) is 16.9 Å². The molecule has 0 aliphatic rings. The molecular formula is C26H28ClN3O. The van der Waals surface area contributed by atoms with Crippen molar-refractivity contribution in [2.75, 3.05) is 0 Å². The second-order valence-electron chi connectivity index (χ2n) is 9.27. The number of aromatic nitrogens is 2. The Morgan fingerprint density at radius 3 is 2.26 bits per heavy atom. The molecule has 2 aromatic carbocycles. The molecule has 3 aromatic rings. The molecule has 160 valence electrons. The minimum absolute atomic E-state index is 0.115. The summed E-state index contributed by atoms with van der Waals surface area (Å²) in [5.74, 6) is 1.58. The average Bonchev–Trinajstić information content (AvgIpc) is 2.73. The highest BCUT2D eigenvalue weighted by Gasteiger charge is 2.24. The Kier molecular flexibility index (Phi) is 6.38. The maximum Gasteiger partial charge on any atom is 0.189 e. The molecule has 1 atom stereocenters. The summed E-state index contributed by atoms with van der Waals surface area (Å²) in [4.78, 5) is 12.6. The Morgan fingerprint density at radius 2 is 1.65 bits per heavy atom. The fourth-order valence-electron chi connectivity index (χ4n) is 3.34. The van der Waals surface area contributed by atoms with Crippen molar-refractivity contribution in [2.45, 2.75) is 58.5 Å². The topological polar surface area (TPSA) is 39.4 Å². The highest BCUT2D eigenvalue weighted by atomic mass is 35.5. The molecule has 0 bridgehead atoms. The first-order valence-corrected chi connectivity index (χ1v) is 10.7. The summed E-state index contributed by atoms with van der Waals surface area (Å²) in [5.41, 5.74) is 3.10. The second-order valence-corrected chi connectivity index (χ2v) is 9.71. The lowest BCUT2D eigenvalue weighted by molar-refractivity contribution is 0.220. The van der Waals surface area contributed by atoms with Gasteiger partial charge in [0, 0.05) is 22.0 Å². The molecule has 0 amide bonds. The Labute approximate surface area is 190 Å². The first kappa shape index (κ1) is 22.8. The van der Waals surface area contributed by atoms with Gasteiger partial charge >= 0.3 is 0 Å². The van der Waals surface area contributed by atoms with Crippen molar-refractivity contribution in [1.82, 2.24) is 9.97 Å². The number of hydrogen-bond donors (Lipinski definition) is 0. The van der Waals surface area contributed by atoms with Crippen molar-refractivity contribution in [3.05, 3.63) is 93.8 Å². The van der Waals surface area contributed by atoms with Gasteiger partial charge in [0.2, 0.25) is 0 Å². The molecule has 0 spiro atoms. The Hall–Kier alpha value is -2.90. The summed E-state index contributed by atoms with van der Waals surface area (Å²) < 4.78 is 6.15. The van der Waals surface area contributed by atoms with Crippen LogP contribution in [0.15, 0.2) is 54.7 Å². The van der Waals surface area contributed by atoms with E-state index in [1.54, 1.807) is 12.3 Å². The van der Waals surface area contributed by atoms with Crippen LogP contribution in [0.1, 0.15) is 70.3 Å². The third kappa shape index (κ3) is 5.24. The number of halogens is 1. The summed E-state index contributed by atoms with van der Waals surface area (Å²) in [6, 6.07) is 15.5. The van der Waals surface area contributed by atoms with E-state index >= 15 is 0 Å². The fourth-order valence-corrected chi connectivity index (χ4v) is 3.57. The highest BCUT2D eigenvalue weighted by molar-refractivity contribution is 6.31. The smallest absolute Gasteiger partial charge is 0.189 e. The summed E-state index contributed by atoms with van der Waals surface area (Å²) in [6.45, 7) is 19.8. The average molecular weight is 434 g/mol. The van der Waals surface area contributed by atoms with Gasteiger partial charge < -0.3 is 4.74 Å². The molecule has 0 radical (unpaired) electrons. The number of hydrogen-bond acceptors (Lipinski definition) is 3. The van der Waals surface area contributed by atoms with Gasteiger partial charge in [-0.25, -0.2) is 14.8 Å². The van der Waals surface area contributed by atoms with Gasteiger partial charge in [0.05, 0.1) is 12.3 Å². The van der Waals surface area contributed by atoms with Crippen LogP contribution in [0.2, 0.25) is 5.02 Å². The molecule has 1 unspecified atom stereocenters. The molecule has 1 aromatic heterocycles. The van der Waals surface area contributed by atoms with Gasteiger partial charge in [-0.2, -0.15) is 0 Å². The molecule has 5 heteroatoms. The Morgan fingerprint density at radius 1 is 0.968 bits per heavy atom. The zero-order valence-corrected chi connectivity index (χ0v) is 19.7. The van der Waals surface area contributed by atoms with Crippen molar-refractivity contribution in [3.8, 4) is 5.75 Å². The van der Waals surface area contributed by atoms with E-state index in [2.05, 4.69) is 61.6 Å². The Bertz CT molecular complexity index is 1110. The maximum atomic E-state index is 7.30. The number of nitrogens with zero attached hydrogens (tertiary/aromatic N) is 3. The third-order valence-electron chi connectivity index (χ3n) is 5.39. The largest absolute Gasteiger partial charge is 0.484 e. The fraction of sp³-hybridized carbons (Fsp3) is 0.346.